The Bertz CT molecular complexity index is 396. The van der Waals surface area contributed by atoms with Gasteiger partial charge in [0.1, 0.15) is 11.4 Å². The van der Waals surface area contributed by atoms with Gasteiger partial charge in [-0.2, -0.15) is 5.10 Å². The molecule has 1 aromatic rings. The Balaban J connectivity index is 2.49. The van der Waals surface area contributed by atoms with Crippen LogP contribution in [-0.4, -0.2) is 15.7 Å². The van der Waals surface area contributed by atoms with E-state index < -0.39 is 5.91 Å². The molecule has 1 heterocycles. The molecule has 1 amide bonds. The third-order valence-electron chi connectivity index (χ3n) is 2.83. The van der Waals surface area contributed by atoms with Crippen LogP contribution in [0.15, 0.2) is 0 Å². The number of hydrogen-bond acceptors (Lipinski definition) is 3. The van der Waals surface area contributed by atoms with Gasteiger partial charge in [-0.1, -0.05) is 6.92 Å². The van der Waals surface area contributed by atoms with Crippen LogP contribution in [0, 0.1) is 5.92 Å². The van der Waals surface area contributed by atoms with Gasteiger partial charge < -0.3 is 11.5 Å². The van der Waals surface area contributed by atoms with Gasteiger partial charge in [0.05, 0.1) is 5.69 Å². The van der Waals surface area contributed by atoms with Gasteiger partial charge in [0.25, 0.3) is 5.91 Å². The van der Waals surface area contributed by atoms with Crippen LogP contribution < -0.4 is 11.5 Å². The summed E-state index contributed by atoms with van der Waals surface area (Å²) in [6.07, 6.45) is 1.07. The van der Waals surface area contributed by atoms with Gasteiger partial charge in [-0.15, -0.1) is 0 Å². The molecule has 4 N–H and O–H groups in total. The number of nitrogens with zero attached hydrogens (tertiary/aromatic N) is 2. The molecule has 1 aliphatic carbocycles. The zero-order valence-electron chi connectivity index (χ0n) is 8.32. The molecule has 1 saturated carbocycles. The maximum absolute atomic E-state index is 11.2. The first-order valence-electron chi connectivity index (χ1n) is 4.64. The zero-order valence-corrected chi connectivity index (χ0v) is 8.32. The number of aryl methyl sites for hydroxylation is 1. The van der Waals surface area contributed by atoms with E-state index in [2.05, 4.69) is 12.0 Å². The summed E-state index contributed by atoms with van der Waals surface area (Å²) in [6.45, 7) is 2.13. The summed E-state index contributed by atoms with van der Waals surface area (Å²) >= 11 is 0. The number of carbonyl (C=O) groups is 1. The summed E-state index contributed by atoms with van der Waals surface area (Å²) in [7, 11) is 1.72. The van der Waals surface area contributed by atoms with Crippen LogP contribution in [0.3, 0.4) is 0 Å². The minimum Gasteiger partial charge on any atom is -0.383 e. The van der Waals surface area contributed by atoms with E-state index in [0.29, 0.717) is 23.2 Å². The Morgan fingerprint density at radius 2 is 2.21 bits per heavy atom. The summed E-state index contributed by atoms with van der Waals surface area (Å²) in [5, 5.41) is 4.23. The summed E-state index contributed by atoms with van der Waals surface area (Å²) in [4.78, 5) is 11.2. The minimum absolute atomic E-state index is 0.362. The second-order valence-electron chi connectivity index (χ2n) is 3.95. The predicted octanol–water partition coefficient (Wildman–Crippen LogP) is 0.225. The van der Waals surface area contributed by atoms with Crippen molar-refractivity contribution in [1.82, 2.24) is 9.78 Å². The number of primary amides is 1. The molecule has 76 valence electrons. The molecule has 0 bridgehead atoms. The molecule has 0 aromatic carbocycles. The maximum Gasteiger partial charge on any atom is 0.254 e. The lowest BCUT2D eigenvalue weighted by atomic mass is 10.1. The molecule has 2 rings (SSSR count). The first kappa shape index (κ1) is 9.05. The van der Waals surface area contributed by atoms with Crippen molar-refractivity contribution in [1.29, 1.82) is 0 Å². The van der Waals surface area contributed by atoms with Gasteiger partial charge in [-0.05, 0) is 12.3 Å². The standard InChI is InChI=1S/C9H14N4O/c1-4-3-5(4)7-6(9(11)14)8(10)13(2)12-7/h4-5H,3,10H2,1-2H3,(H2,11,14)/t4-,5+/m0/s1. The third-order valence-corrected chi connectivity index (χ3v) is 2.83. The Labute approximate surface area is 82.1 Å². The van der Waals surface area contributed by atoms with Crippen molar-refractivity contribution >= 4 is 11.7 Å². The average molecular weight is 194 g/mol. The van der Waals surface area contributed by atoms with Crippen LogP contribution in [0.1, 0.15) is 35.3 Å². The van der Waals surface area contributed by atoms with Gasteiger partial charge in [-0.3, -0.25) is 9.48 Å². The smallest absolute Gasteiger partial charge is 0.254 e. The number of rotatable bonds is 2. The molecule has 5 nitrogen and oxygen atoms in total. The average Bonchev–Trinajstić information content (AvgIpc) is 2.72. The highest BCUT2D eigenvalue weighted by atomic mass is 16.1. The van der Waals surface area contributed by atoms with E-state index in [0.717, 1.165) is 12.1 Å². The summed E-state index contributed by atoms with van der Waals surface area (Å²) < 4.78 is 1.51. The van der Waals surface area contributed by atoms with E-state index in [1.165, 1.54) is 4.68 Å². The molecular formula is C9H14N4O. The molecule has 1 aliphatic rings. The SMILES string of the molecule is C[C@H]1C[C@H]1c1nn(C)c(N)c1C(N)=O. The number of carbonyl (C=O) groups excluding carboxylic acids is 1. The van der Waals surface area contributed by atoms with E-state index in [1.807, 2.05) is 0 Å². The van der Waals surface area contributed by atoms with Crippen LogP contribution in [-0.2, 0) is 7.05 Å². The largest absolute Gasteiger partial charge is 0.383 e. The molecule has 5 heteroatoms. The molecule has 0 radical (unpaired) electrons. The van der Waals surface area contributed by atoms with Crippen molar-refractivity contribution in [2.24, 2.45) is 18.7 Å². The van der Waals surface area contributed by atoms with Crippen molar-refractivity contribution in [2.45, 2.75) is 19.3 Å². The topological polar surface area (TPSA) is 86.9 Å². The molecule has 0 aliphatic heterocycles. The van der Waals surface area contributed by atoms with Crippen LogP contribution in [0.25, 0.3) is 0 Å². The van der Waals surface area contributed by atoms with Crippen molar-refractivity contribution in [3.8, 4) is 0 Å². The number of nitrogen functional groups attached to an aromatic ring is 1. The Hall–Kier alpha value is -1.52. The fourth-order valence-electron chi connectivity index (χ4n) is 1.77. The Morgan fingerprint density at radius 3 is 2.64 bits per heavy atom. The first-order chi connectivity index (χ1) is 6.52. The monoisotopic (exact) mass is 194 g/mol. The quantitative estimate of drug-likeness (QED) is 0.706. The normalized spacial score (nSPS) is 25.0. The molecule has 1 aromatic heterocycles. The fourth-order valence-corrected chi connectivity index (χ4v) is 1.77. The second kappa shape index (κ2) is 2.73. The fraction of sp³-hybridized carbons (Fsp3) is 0.556. The summed E-state index contributed by atoms with van der Waals surface area (Å²) in [5.74, 6) is 0.833. The van der Waals surface area contributed by atoms with Gasteiger partial charge in [0, 0.05) is 13.0 Å². The molecular weight excluding hydrogens is 180 g/mol. The molecule has 0 saturated heterocycles. The van der Waals surface area contributed by atoms with E-state index in [9.17, 15) is 4.79 Å². The lowest BCUT2D eigenvalue weighted by Crippen LogP contribution is -2.14. The van der Waals surface area contributed by atoms with Crippen LogP contribution >= 0.6 is 0 Å². The van der Waals surface area contributed by atoms with E-state index >= 15 is 0 Å². The predicted molar refractivity (Wildman–Crippen MR) is 52.7 cm³/mol. The highest BCUT2D eigenvalue weighted by Gasteiger charge is 2.39. The van der Waals surface area contributed by atoms with Crippen molar-refractivity contribution in [2.75, 3.05) is 5.73 Å². The molecule has 1 fully saturated rings. The van der Waals surface area contributed by atoms with Crippen LogP contribution in [0.5, 0.6) is 0 Å². The second-order valence-corrected chi connectivity index (χ2v) is 3.95. The third kappa shape index (κ3) is 1.16. The number of hydrogen-bond donors (Lipinski definition) is 2. The van der Waals surface area contributed by atoms with Crippen LogP contribution in [0.2, 0.25) is 0 Å². The number of amides is 1. The maximum atomic E-state index is 11.2. The van der Waals surface area contributed by atoms with Gasteiger partial charge in [0.15, 0.2) is 0 Å². The first-order valence-corrected chi connectivity index (χ1v) is 4.64. The number of anilines is 1. The Kier molecular flexibility index (Phi) is 1.77. The highest BCUT2D eigenvalue weighted by Crippen LogP contribution is 2.48. The lowest BCUT2D eigenvalue weighted by molar-refractivity contribution is 0.1000. The van der Waals surface area contributed by atoms with Crippen molar-refractivity contribution in [3.63, 3.8) is 0 Å². The number of aromatic nitrogens is 2. The summed E-state index contributed by atoms with van der Waals surface area (Å²) in [5.41, 5.74) is 12.2. The highest BCUT2D eigenvalue weighted by molar-refractivity contribution is 5.98. The van der Waals surface area contributed by atoms with Crippen molar-refractivity contribution < 1.29 is 4.79 Å². The molecule has 2 atom stereocenters. The van der Waals surface area contributed by atoms with Gasteiger partial charge in [-0.25, -0.2) is 0 Å². The molecule has 0 spiro atoms. The lowest BCUT2D eigenvalue weighted by Gasteiger charge is -1.96. The van der Waals surface area contributed by atoms with Gasteiger partial charge in [0.2, 0.25) is 0 Å². The van der Waals surface area contributed by atoms with E-state index in [1.54, 1.807) is 7.05 Å². The molecule has 0 unspecified atom stereocenters. The van der Waals surface area contributed by atoms with E-state index in [4.69, 9.17) is 11.5 Å². The zero-order chi connectivity index (χ0) is 10.5. The summed E-state index contributed by atoms with van der Waals surface area (Å²) in [6, 6.07) is 0. The van der Waals surface area contributed by atoms with Gasteiger partial charge >= 0.3 is 0 Å². The number of nitrogens with two attached hydrogens (primary N) is 2. The van der Waals surface area contributed by atoms with Crippen LogP contribution in [0.4, 0.5) is 5.82 Å². The molecule has 14 heavy (non-hydrogen) atoms. The van der Waals surface area contributed by atoms with Crippen molar-refractivity contribution in [3.05, 3.63) is 11.3 Å². The van der Waals surface area contributed by atoms with E-state index in [-0.39, 0.29) is 0 Å². The minimum atomic E-state index is -0.482. The Morgan fingerprint density at radius 1 is 1.64 bits per heavy atom.